The van der Waals surface area contributed by atoms with Crippen molar-refractivity contribution in [2.75, 3.05) is 6.54 Å². The van der Waals surface area contributed by atoms with Crippen molar-refractivity contribution in [2.45, 2.75) is 77.7 Å². The minimum atomic E-state index is 0.652. The molecule has 0 spiro atoms. The summed E-state index contributed by atoms with van der Waals surface area (Å²) < 4.78 is 2.42. The lowest BCUT2D eigenvalue weighted by Gasteiger charge is -2.18. The molecule has 1 fully saturated rings. The van der Waals surface area contributed by atoms with Crippen molar-refractivity contribution in [2.24, 2.45) is 11.7 Å². The van der Waals surface area contributed by atoms with Crippen LogP contribution in [0.3, 0.4) is 0 Å². The maximum atomic E-state index is 5.73. The Labute approximate surface area is 123 Å². The zero-order valence-corrected chi connectivity index (χ0v) is 13.1. The molecule has 0 saturated heterocycles. The highest BCUT2D eigenvalue weighted by atomic mass is 15.3. The highest BCUT2D eigenvalue weighted by molar-refractivity contribution is 4.99. The van der Waals surface area contributed by atoms with Gasteiger partial charge >= 0.3 is 0 Å². The molecule has 2 N–H and O–H groups in total. The van der Waals surface area contributed by atoms with E-state index < -0.39 is 0 Å². The van der Waals surface area contributed by atoms with Crippen LogP contribution in [0.25, 0.3) is 0 Å². The van der Waals surface area contributed by atoms with Crippen molar-refractivity contribution in [1.29, 1.82) is 0 Å². The number of hydrogen-bond acceptors (Lipinski definition) is 3. The van der Waals surface area contributed by atoms with Gasteiger partial charge in [0.05, 0.1) is 0 Å². The fraction of sp³-hybridized carbons (Fsp3) is 0.875. The molecule has 1 atom stereocenters. The van der Waals surface area contributed by atoms with Gasteiger partial charge in [-0.3, -0.25) is 0 Å². The molecule has 1 aliphatic rings. The summed E-state index contributed by atoms with van der Waals surface area (Å²) in [6.45, 7) is 5.16. The van der Waals surface area contributed by atoms with Crippen LogP contribution in [-0.2, 0) is 6.42 Å². The topological polar surface area (TPSA) is 56.7 Å². The molecule has 1 unspecified atom stereocenters. The Morgan fingerprint density at radius 1 is 1.20 bits per heavy atom. The van der Waals surface area contributed by atoms with E-state index in [4.69, 9.17) is 5.73 Å². The second-order valence-electron chi connectivity index (χ2n) is 6.24. The molecular formula is C16H30N4. The van der Waals surface area contributed by atoms with Gasteiger partial charge in [0.25, 0.3) is 0 Å². The van der Waals surface area contributed by atoms with Gasteiger partial charge in [0.15, 0.2) is 0 Å². The number of aromatic nitrogens is 3. The smallest absolute Gasteiger partial charge is 0.133 e. The third kappa shape index (κ3) is 3.81. The van der Waals surface area contributed by atoms with Crippen LogP contribution in [0.15, 0.2) is 0 Å². The summed E-state index contributed by atoms with van der Waals surface area (Å²) in [5.41, 5.74) is 5.73. The summed E-state index contributed by atoms with van der Waals surface area (Å²) in [6.07, 6.45) is 11.2. The predicted octanol–water partition coefficient (Wildman–Crippen LogP) is 3.40. The van der Waals surface area contributed by atoms with E-state index >= 15 is 0 Å². The highest BCUT2D eigenvalue weighted by Crippen LogP contribution is 2.31. The second-order valence-corrected chi connectivity index (χ2v) is 6.24. The third-order valence-electron chi connectivity index (χ3n) is 4.67. The van der Waals surface area contributed by atoms with Crippen LogP contribution >= 0.6 is 0 Å². The van der Waals surface area contributed by atoms with Crippen molar-refractivity contribution in [3.05, 3.63) is 11.6 Å². The molecule has 20 heavy (non-hydrogen) atoms. The Morgan fingerprint density at radius 2 is 1.95 bits per heavy atom. The molecule has 0 aliphatic heterocycles. The molecule has 0 aromatic carbocycles. The number of aryl methyl sites for hydroxylation is 2. The Kier molecular flexibility index (Phi) is 6.02. The number of hydrogen-bond donors (Lipinski definition) is 1. The minimum Gasteiger partial charge on any atom is -0.330 e. The average molecular weight is 278 g/mol. The van der Waals surface area contributed by atoms with Crippen molar-refractivity contribution in [3.8, 4) is 0 Å². The summed E-state index contributed by atoms with van der Waals surface area (Å²) in [7, 11) is 0. The lowest BCUT2D eigenvalue weighted by atomic mass is 9.94. The third-order valence-corrected chi connectivity index (χ3v) is 4.67. The van der Waals surface area contributed by atoms with Gasteiger partial charge in [-0.15, -0.1) is 10.2 Å². The van der Waals surface area contributed by atoms with Crippen LogP contribution in [0.2, 0.25) is 0 Å². The average Bonchev–Trinajstić information content (AvgIpc) is 3.06. The molecule has 1 aliphatic carbocycles. The van der Waals surface area contributed by atoms with E-state index in [-0.39, 0.29) is 0 Å². The normalized spacial score (nSPS) is 17.8. The van der Waals surface area contributed by atoms with Gasteiger partial charge in [-0.25, -0.2) is 0 Å². The summed E-state index contributed by atoms with van der Waals surface area (Å²) in [5, 5.41) is 8.75. The Morgan fingerprint density at radius 3 is 2.60 bits per heavy atom. The highest BCUT2D eigenvalue weighted by Gasteiger charge is 2.22. The Bertz CT molecular complexity index is 387. The lowest BCUT2D eigenvalue weighted by molar-refractivity contribution is 0.406. The lowest BCUT2D eigenvalue weighted by Crippen LogP contribution is -2.14. The van der Waals surface area contributed by atoms with Gasteiger partial charge in [0, 0.05) is 12.5 Å². The molecule has 4 nitrogen and oxygen atoms in total. The van der Waals surface area contributed by atoms with Crippen molar-refractivity contribution in [3.63, 3.8) is 0 Å². The molecule has 0 radical (unpaired) electrons. The number of nitrogens with two attached hydrogens (primary N) is 1. The Hall–Kier alpha value is -0.900. The first-order chi connectivity index (χ1) is 9.76. The SMILES string of the molecule is CCCC(CCN)CCc1nnc(C)n1C1CCCC1. The first-order valence-corrected chi connectivity index (χ1v) is 8.36. The molecule has 1 aromatic rings. The van der Waals surface area contributed by atoms with Gasteiger partial charge in [0.2, 0.25) is 0 Å². The summed E-state index contributed by atoms with van der Waals surface area (Å²) in [6, 6.07) is 0.652. The van der Waals surface area contributed by atoms with Crippen molar-refractivity contribution in [1.82, 2.24) is 14.8 Å². The van der Waals surface area contributed by atoms with Crippen molar-refractivity contribution >= 4 is 0 Å². The minimum absolute atomic E-state index is 0.652. The van der Waals surface area contributed by atoms with E-state index in [9.17, 15) is 0 Å². The monoisotopic (exact) mass is 278 g/mol. The summed E-state index contributed by atoms with van der Waals surface area (Å²) >= 11 is 0. The maximum Gasteiger partial charge on any atom is 0.133 e. The zero-order chi connectivity index (χ0) is 14.4. The van der Waals surface area contributed by atoms with Crippen LogP contribution in [-0.4, -0.2) is 21.3 Å². The van der Waals surface area contributed by atoms with Crippen LogP contribution in [0.1, 0.15) is 76.0 Å². The van der Waals surface area contributed by atoms with Gasteiger partial charge in [-0.1, -0.05) is 32.6 Å². The molecular weight excluding hydrogens is 248 g/mol. The quantitative estimate of drug-likeness (QED) is 0.793. The molecule has 1 saturated carbocycles. The van der Waals surface area contributed by atoms with E-state index in [2.05, 4.69) is 28.6 Å². The molecule has 1 heterocycles. The van der Waals surface area contributed by atoms with E-state index in [0.29, 0.717) is 6.04 Å². The molecule has 114 valence electrons. The van der Waals surface area contributed by atoms with E-state index in [1.54, 1.807) is 0 Å². The fourth-order valence-electron chi connectivity index (χ4n) is 3.63. The van der Waals surface area contributed by atoms with Crippen LogP contribution in [0.4, 0.5) is 0 Å². The number of rotatable bonds is 8. The number of nitrogens with zero attached hydrogens (tertiary/aromatic N) is 3. The largest absolute Gasteiger partial charge is 0.330 e. The van der Waals surface area contributed by atoms with E-state index in [1.807, 2.05) is 0 Å². The van der Waals surface area contributed by atoms with Gasteiger partial charge in [0.1, 0.15) is 11.6 Å². The van der Waals surface area contributed by atoms with Gasteiger partial charge in [-0.2, -0.15) is 0 Å². The zero-order valence-electron chi connectivity index (χ0n) is 13.1. The van der Waals surface area contributed by atoms with Crippen molar-refractivity contribution < 1.29 is 0 Å². The molecule has 0 bridgehead atoms. The summed E-state index contributed by atoms with van der Waals surface area (Å²) in [5.74, 6) is 3.05. The fourth-order valence-corrected chi connectivity index (χ4v) is 3.63. The molecule has 2 rings (SSSR count). The molecule has 1 aromatic heterocycles. The van der Waals surface area contributed by atoms with E-state index in [0.717, 1.165) is 31.1 Å². The Balaban J connectivity index is 1.98. The first-order valence-electron chi connectivity index (χ1n) is 8.36. The summed E-state index contributed by atoms with van der Waals surface area (Å²) in [4.78, 5) is 0. The molecule has 0 amide bonds. The second kappa shape index (κ2) is 7.77. The van der Waals surface area contributed by atoms with Crippen LogP contribution in [0, 0.1) is 12.8 Å². The van der Waals surface area contributed by atoms with Gasteiger partial charge < -0.3 is 10.3 Å². The maximum absolute atomic E-state index is 5.73. The van der Waals surface area contributed by atoms with Crippen LogP contribution in [0.5, 0.6) is 0 Å². The van der Waals surface area contributed by atoms with Crippen LogP contribution < -0.4 is 5.73 Å². The van der Waals surface area contributed by atoms with Gasteiger partial charge in [-0.05, 0) is 45.1 Å². The predicted molar refractivity (Wildman–Crippen MR) is 82.7 cm³/mol. The molecule has 4 heteroatoms. The standard InChI is InChI=1S/C16H30N4/c1-3-6-14(11-12-17)9-10-16-19-18-13(2)20(16)15-7-4-5-8-15/h14-15H,3-12,17H2,1-2H3. The van der Waals surface area contributed by atoms with E-state index in [1.165, 1.54) is 50.8 Å². The first kappa shape index (κ1) is 15.5.